The highest BCUT2D eigenvalue weighted by Gasteiger charge is 2.57. The number of nitriles is 1. The number of aliphatic hydroxyl groups is 2. The fourth-order valence-electron chi connectivity index (χ4n) is 5.39. The lowest BCUT2D eigenvalue weighted by Crippen LogP contribution is -2.54. The molecule has 7 atom stereocenters. The molecular formula is C29H35F2N6O8P. The molecule has 2 unspecified atom stereocenters. The number of hydrogen-bond donors (Lipinski definition) is 4. The van der Waals surface area contributed by atoms with Crippen LogP contribution in [0.2, 0.25) is 0 Å². The third-order valence-corrected chi connectivity index (χ3v) is 9.61. The molecule has 0 bridgehead atoms. The largest absolute Gasteiger partial charge is 0.459 e. The van der Waals surface area contributed by atoms with Gasteiger partial charge in [0.15, 0.2) is 6.10 Å². The maximum absolute atomic E-state index is 14.7. The molecule has 2 aliphatic heterocycles. The molecule has 0 radical (unpaired) electrons. The number of halogens is 2. The van der Waals surface area contributed by atoms with E-state index in [9.17, 15) is 33.6 Å². The summed E-state index contributed by atoms with van der Waals surface area (Å²) >= 11 is 0. The number of rotatable bonds is 11. The van der Waals surface area contributed by atoms with Crippen molar-refractivity contribution in [2.24, 2.45) is 0 Å². The van der Waals surface area contributed by atoms with E-state index >= 15 is 0 Å². The van der Waals surface area contributed by atoms with Gasteiger partial charge in [0.05, 0.1) is 23.4 Å². The number of carbonyl (C=O) groups is 1. The Bertz CT molecular complexity index is 1640. The van der Waals surface area contributed by atoms with Crippen molar-refractivity contribution < 1.29 is 46.9 Å². The van der Waals surface area contributed by atoms with E-state index in [1.165, 1.54) is 29.8 Å². The predicted molar refractivity (Wildman–Crippen MR) is 159 cm³/mol. The average molecular weight is 665 g/mol. The number of piperidine rings is 1. The number of ether oxygens (including phenoxy) is 2. The quantitative estimate of drug-likeness (QED) is 0.173. The van der Waals surface area contributed by atoms with Crippen LogP contribution in [-0.2, 0) is 23.4 Å². The minimum absolute atomic E-state index is 0.0393. The lowest BCUT2D eigenvalue weighted by molar-refractivity contribution is -0.189. The highest BCUT2D eigenvalue weighted by Crippen LogP contribution is 2.48. The summed E-state index contributed by atoms with van der Waals surface area (Å²) < 4.78 is 67.0. The van der Waals surface area contributed by atoms with E-state index in [1.807, 2.05) is 0 Å². The number of para-hydroxylation sites is 1. The zero-order valence-electron chi connectivity index (χ0n) is 25.0. The Morgan fingerprint density at radius 2 is 2.02 bits per heavy atom. The Morgan fingerprint density at radius 1 is 1.28 bits per heavy atom. The monoisotopic (exact) mass is 664 g/mol. The van der Waals surface area contributed by atoms with Crippen LogP contribution >= 0.6 is 7.75 Å². The highest BCUT2D eigenvalue weighted by molar-refractivity contribution is 7.52. The van der Waals surface area contributed by atoms with Crippen LogP contribution in [0.15, 0.2) is 54.7 Å². The third kappa shape index (κ3) is 6.72. The molecule has 1 aromatic carbocycles. The number of aromatic nitrogens is 2. The molecule has 2 fully saturated rings. The highest BCUT2D eigenvalue weighted by atomic mass is 31.2. The summed E-state index contributed by atoms with van der Waals surface area (Å²) in [7, 11) is -4.64. The first-order valence-corrected chi connectivity index (χ1v) is 16.1. The molecule has 17 heteroatoms. The molecule has 2 aliphatic rings. The number of nitrogen functional groups attached to an aromatic ring is 1. The average Bonchev–Trinajstić information content (AvgIpc) is 3.57. The first kappa shape index (κ1) is 33.7. The van der Waals surface area contributed by atoms with Gasteiger partial charge in [-0.05, 0) is 43.8 Å². The molecule has 248 valence electrons. The number of benzene rings is 1. The van der Waals surface area contributed by atoms with Crippen LogP contribution in [0.25, 0.3) is 5.52 Å². The van der Waals surface area contributed by atoms with Gasteiger partial charge in [-0.25, -0.2) is 17.9 Å². The fourth-order valence-corrected chi connectivity index (χ4v) is 6.91. The van der Waals surface area contributed by atoms with Gasteiger partial charge < -0.3 is 29.9 Å². The van der Waals surface area contributed by atoms with Crippen molar-refractivity contribution in [3.63, 3.8) is 0 Å². The standard InChI is InChI=1S/C29H35F2N6O8P/c1-3-36-14-12-23(29(30,31)16-36)43-27(40)18(2)35-46(41,45-19-7-5-4-6-8-19)42-17-28(15-32)26(39)24(38)25(44-28)22-10-9-21-20(33)11-13-34-37(21)22/h4-11,13,18,23-26,38-39H,3,12,14,16-17,33H2,1-2H3,(H,35,41)/t18-,23?,24-,25-,26-,28+,46?/m0/s1. The summed E-state index contributed by atoms with van der Waals surface area (Å²) in [5.41, 5.74) is 4.87. The molecule has 4 heterocycles. The second-order valence-electron chi connectivity index (χ2n) is 11.2. The summed E-state index contributed by atoms with van der Waals surface area (Å²) in [6.07, 6.45) is -5.17. The summed E-state index contributed by atoms with van der Waals surface area (Å²) in [4.78, 5) is 14.5. The molecule has 0 saturated carbocycles. The van der Waals surface area contributed by atoms with Crippen LogP contribution in [0.3, 0.4) is 0 Å². The smallest absolute Gasteiger partial charge is 0.455 e. The van der Waals surface area contributed by atoms with Gasteiger partial charge in [0, 0.05) is 19.2 Å². The van der Waals surface area contributed by atoms with E-state index in [0.29, 0.717) is 24.3 Å². The van der Waals surface area contributed by atoms with Gasteiger partial charge in [-0.3, -0.25) is 14.2 Å². The summed E-state index contributed by atoms with van der Waals surface area (Å²) in [6, 6.07) is 12.8. The van der Waals surface area contributed by atoms with Crippen LogP contribution in [0.4, 0.5) is 14.5 Å². The van der Waals surface area contributed by atoms with E-state index in [4.69, 9.17) is 24.3 Å². The topological polar surface area (TPSA) is 194 Å². The van der Waals surface area contributed by atoms with Crippen molar-refractivity contribution >= 4 is 24.9 Å². The number of nitrogens with one attached hydrogen (secondary N) is 1. The number of aliphatic hydroxyl groups excluding tert-OH is 2. The minimum atomic E-state index is -4.64. The second kappa shape index (κ2) is 13.2. The molecular weight excluding hydrogens is 629 g/mol. The Balaban J connectivity index is 1.34. The van der Waals surface area contributed by atoms with E-state index in [1.54, 1.807) is 54.3 Å². The molecule has 0 amide bonds. The Morgan fingerprint density at radius 3 is 2.70 bits per heavy atom. The van der Waals surface area contributed by atoms with Gasteiger partial charge in [0.25, 0.3) is 5.92 Å². The van der Waals surface area contributed by atoms with E-state index in [0.717, 1.165) is 0 Å². The van der Waals surface area contributed by atoms with Crippen molar-refractivity contribution in [2.45, 2.75) is 62.2 Å². The lowest BCUT2D eigenvalue weighted by Gasteiger charge is -2.37. The molecule has 14 nitrogen and oxygen atoms in total. The fraction of sp³-hybridized carbons (Fsp3) is 0.483. The first-order chi connectivity index (χ1) is 21.8. The molecule has 0 aliphatic carbocycles. The number of esters is 1. The van der Waals surface area contributed by atoms with Gasteiger partial charge in [0.1, 0.15) is 42.8 Å². The molecule has 2 saturated heterocycles. The number of likely N-dealkylation sites (tertiary alicyclic amines) is 1. The second-order valence-corrected chi connectivity index (χ2v) is 12.9. The van der Waals surface area contributed by atoms with Crippen molar-refractivity contribution in [2.75, 3.05) is 32.0 Å². The van der Waals surface area contributed by atoms with Gasteiger partial charge in [0.2, 0.25) is 5.60 Å². The summed E-state index contributed by atoms with van der Waals surface area (Å²) in [5.74, 6) is -4.40. The van der Waals surface area contributed by atoms with Crippen molar-refractivity contribution in [1.29, 1.82) is 5.26 Å². The molecule has 3 aromatic rings. The maximum Gasteiger partial charge on any atom is 0.459 e. The van der Waals surface area contributed by atoms with Crippen LogP contribution in [0, 0.1) is 11.3 Å². The molecule has 46 heavy (non-hydrogen) atoms. The third-order valence-electron chi connectivity index (χ3n) is 7.99. The Kier molecular flexibility index (Phi) is 9.67. The maximum atomic E-state index is 14.7. The van der Waals surface area contributed by atoms with E-state index < -0.39 is 68.8 Å². The van der Waals surface area contributed by atoms with Crippen LogP contribution in [0.5, 0.6) is 5.75 Å². The lowest BCUT2D eigenvalue weighted by atomic mass is 9.96. The van der Waals surface area contributed by atoms with Crippen LogP contribution in [0.1, 0.15) is 32.1 Å². The van der Waals surface area contributed by atoms with E-state index in [2.05, 4.69) is 10.2 Å². The van der Waals surface area contributed by atoms with Crippen LogP contribution < -0.4 is 15.3 Å². The number of anilines is 1. The first-order valence-electron chi connectivity index (χ1n) is 14.6. The minimum Gasteiger partial charge on any atom is -0.455 e. The predicted octanol–water partition coefficient (Wildman–Crippen LogP) is 2.43. The molecule has 5 N–H and O–H groups in total. The Labute approximate surface area is 263 Å². The van der Waals surface area contributed by atoms with Gasteiger partial charge in [-0.2, -0.15) is 15.4 Å². The van der Waals surface area contributed by atoms with Gasteiger partial charge in [-0.15, -0.1) is 0 Å². The van der Waals surface area contributed by atoms with Gasteiger partial charge >= 0.3 is 13.7 Å². The zero-order valence-corrected chi connectivity index (χ0v) is 25.9. The SMILES string of the molecule is CCN1CCC(OC(=O)[C@H](C)NP(=O)(OC[C@@]2(C#N)O[C@@H](c3ccc4c(N)ccnn34)[C@H](O)[C@@H]2O)Oc2ccccc2)C(F)(F)C1. The number of hydrogen-bond acceptors (Lipinski definition) is 12. The van der Waals surface area contributed by atoms with E-state index in [-0.39, 0.29) is 17.9 Å². The number of nitrogens with zero attached hydrogens (tertiary/aromatic N) is 4. The van der Waals surface area contributed by atoms with Crippen LogP contribution in [-0.4, -0.2) is 92.8 Å². The molecule has 5 rings (SSSR count). The number of nitrogens with two attached hydrogens (primary N) is 1. The summed E-state index contributed by atoms with van der Waals surface area (Å²) in [6.45, 7) is 2.21. The van der Waals surface area contributed by atoms with Gasteiger partial charge in [-0.1, -0.05) is 25.1 Å². The Hall–Kier alpha value is -3.68. The normalized spacial score (nSPS) is 28.3. The van der Waals surface area contributed by atoms with Crippen molar-refractivity contribution in [3.8, 4) is 11.8 Å². The summed E-state index contributed by atoms with van der Waals surface area (Å²) in [5, 5.41) is 38.7. The number of fused-ring (bicyclic) bond motifs is 1. The molecule has 2 aromatic heterocycles. The van der Waals surface area contributed by atoms with Crippen molar-refractivity contribution in [1.82, 2.24) is 19.6 Å². The molecule has 0 spiro atoms. The van der Waals surface area contributed by atoms with Crippen molar-refractivity contribution in [3.05, 3.63) is 60.4 Å². The number of alkyl halides is 2. The number of carbonyl (C=O) groups excluding carboxylic acids is 1. The zero-order chi connectivity index (χ0) is 33.3.